The number of sulfonamides is 1. The molecule has 0 radical (unpaired) electrons. The van der Waals surface area contributed by atoms with Crippen LogP contribution in [0, 0.1) is 6.92 Å². The quantitative estimate of drug-likeness (QED) is 0.612. The maximum atomic E-state index is 11.5. The van der Waals surface area contributed by atoms with Gasteiger partial charge in [-0.05, 0) is 42.3 Å². The van der Waals surface area contributed by atoms with E-state index >= 15 is 0 Å². The van der Waals surface area contributed by atoms with Crippen molar-refractivity contribution in [2.75, 3.05) is 11.6 Å². The van der Waals surface area contributed by atoms with Crippen molar-refractivity contribution in [1.82, 2.24) is 4.98 Å². The van der Waals surface area contributed by atoms with Gasteiger partial charge in [-0.1, -0.05) is 18.2 Å². The third-order valence-electron chi connectivity index (χ3n) is 3.92. The second-order valence-electron chi connectivity index (χ2n) is 6.46. The van der Waals surface area contributed by atoms with Crippen LogP contribution in [0.15, 0.2) is 52.7 Å². The Bertz CT molecular complexity index is 1220. The molecule has 3 rings (SSSR count). The summed E-state index contributed by atoms with van der Waals surface area (Å²) in [5.74, 6) is 0.00253. The zero-order valence-electron chi connectivity index (χ0n) is 15.2. The van der Waals surface area contributed by atoms with Crippen LogP contribution < -0.4 is 10.5 Å². The number of thiazole rings is 1. The second kappa shape index (κ2) is 7.63. The molecule has 0 unspecified atom stereocenters. The molecular formula is C18H19N3O4S3. The van der Waals surface area contributed by atoms with Crippen LogP contribution in [0.5, 0.6) is 0 Å². The van der Waals surface area contributed by atoms with Gasteiger partial charge in [0.2, 0.25) is 10.0 Å². The molecule has 10 heteroatoms. The van der Waals surface area contributed by atoms with Gasteiger partial charge in [-0.15, -0.1) is 11.3 Å². The molecule has 0 aliphatic heterocycles. The van der Waals surface area contributed by atoms with E-state index < -0.39 is 19.9 Å². The molecule has 28 heavy (non-hydrogen) atoms. The van der Waals surface area contributed by atoms with Crippen molar-refractivity contribution >= 4 is 42.0 Å². The van der Waals surface area contributed by atoms with E-state index in [0.29, 0.717) is 16.4 Å². The summed E-state index contributed by atoms with van der Waals surface area (Å²) in [6.45, 7) is 1.69. The van der Waals surface area contributed by atoms with Gasteiger partial charge < -0.3 is 5.32 Å². The number of primary sulfonamides is 1. The minimum Gasteiger partial charge on any atom is -0.332 e. The fourth-order valence-electron chi connectivity index (χ4n) is 2.70. The van der Waals surface area contributed by atoms with Gasteiger partial charge in [-0.25, -0.2) is 27.0 Å². The summed E-state index contributed by atoms with van der Waals surface area (Å²) in [4.78, 5) is 4.62. The van der Waals surface area contributed by atoms with Crippen LogP contribution in [0.2, 0.25) is 0 Å². The predicted molar refractivity (Wildman–Crippen MR) is 112 cm³/mol. The topological polar surface area (TPSA) is 119 Å². The van der Waals surface area contributed by atoms with Crippen LogP contribution in [0.4, 0.5) is 10.8 Å². The summed E-state index contributed by atoms with van der Waals surface area (Å²) in [6, 6.07) is 12.0. The zero-order valence-corrected chi connectivity index (χ0v) is 17.7. The lowest BCUT2D eigenvalue weighted by Crippen LogP contribution is -2.13. The molecule has 3 N–H and O–H groups in total. The minimum absolute atomic E-state index is 0.00253. The molecule has 0 aliphatic rings. The Morgan fingerprint density at radius 1 is 1.07 bits per heavy atom. The summed E-state index contributed by atoms with van der Waals surface area (Å²) >= 11 is 1.41. The van der Waals surface area contributed by atoms with Gasteiger partial charge in [0.25, 0.3) is 0 Å². The first kappa shape index (κ1) is 20.5. The normalized spacial score (nSPS) is 12.1. The lowest BCUT2D eigenvalue weighted by molar-refractivity contribution is 0.596. The molecule has 0 fully saturated rings. The van der Waals surface area contributed by atoms with Crippen LogP contribution >= 0.6 is 11.3 Å². The first-order chi connectivity index (χ1) is 13.0. The monoisotopic (exact) mass is 437 g/mol. The molecule has 0 aliphatic carbocycles. The molecule has 0 saturated heterocycles. The van der Waals surface area contributed by atoms with Gasteiger partial charge in [0.05, 0.1) is 16.3 Å². The van der Waals surface area contributed by atoms with Crippen molar-refractivity contribution in [1.29, 1.82) is 0 Å². The fraction of sp³-hybridized carbons (Fsp3) is 0.167. The standard InChI is InChI=1S/C18H19N3O4S3/c1-12-9-14(5-8-17(12)28(19,24)25)16-10-26-18(21-16)20-15-6-3-13(4-7-15)11-27(2,22)23/h3-10H,11H2,1-2H3,(H,20,21)(H2,19,24,25). The average Bonchev–Trinajstić information content (AvgIpc) is 3.02. The van der Waals surface area contributed by atoms with Crippen LogP contribution in [-0.4, -0.2) is 28.1 Å². The highest BCUT2D eigenvalue weighted by Gasteiger charge is 2.13. The zero-order chi connectivity index (χ0) is 20.5. The van der Waals surface area contributed by atoms with Gasteiger partial charge in [0.1, 0.15) is 0 Å². The van der Waals surface area contributed by atoms with Crippen LogP contribution in [-0.2, 0) is 25.6 Å². The molecule has 3 aromatic rings. The van der Waals surface area contributed by atoms with Gasteiger partial charge in [-0.3, -0.25) is 0 Å². The summed E-state index contributed by atoms with van der Waals surface area (Å²) in [5, 5.41) is 10.9. The van der Waals surface area contributed by atoms with E-state index in [2.05, 4.69) is 10.3 Å². The molecule has 1 aromatic heterocycles. The smallest absolute Gasteiger partial charge is 0.238 e. The number of rotatable bonds is 6. The van der Waals surface area contributed by atoms with Crippen molar-refractivity contribution in [3.05, 3.63) is 59.0 Å². The van der Waals surface area contributed by atoms with Crippen molar-refractivity contribution in [3.63, 3.8) is 0 Å². The highest BCUT2D eigenvalue weighted by Crippen LogP contribution is 2.29. The molecule has 0 saturated carbocycles. The minimum atomic E-state index is -3.75. The Hall–Kier alpha value is -2.27. The lowest BCUT2D eigenvalue weighted by Gasteiger charge is -2.06. The highest BCUT2D eigenvalue weighted by molar-refractivity contribution is 7.90. The Morgan fingerprint density at radius 3 is 2.32 bits per heavy atom. The van der Waals surface area contributed by atoms with Crippen molar-refractivity contribution in [2.45, 2.75) is 17.6 Å². The number of nitrogens with two attached hydrogens (primary N) is 1. The molecule has 0 bridgehead atoms. The largest absolute Gasteiger partial charge is 0.332 e. The summed E-state index contributed by atoms with van der Waals surface area (Å²) in [7, 11) is -6.82. The predicted octanol–water partition coefficient (Wildman–Crippen LogP) is 3.05. The van der Waals surface area contributed by atoms with E-state index in [0.717, 1.165) is 16.8 Å². The number of nitrogens with one attached hydrogen (secondary N) is 1. The number of hydrogen-bond acceptors (Lipinski definition) is 7. The number of aromatic nitrogens is 1. The van der Waals surface area contributed by atoms with E-state index in [1.165, 1.54) is 23.7 Å². The Labute approximate surface area is 168 Å². The molecule has 2 aromatic carbocycles. The van der Waals surface area contributed by atoms with Gasteiger partial charge in [-0.2, -0.15) is 0 Å². The first-order valence-corrected chi connectivity index (χ1v) is 12.6. The molecule has 148 valence electrons. The Morgan fingerprint density at radius 2 is 1.75 bits per heavy atom. The Kier molecular flexibility index (Phi) is 5.57. The van der Waals surface area contributed by atoms with Crippen LogP contribution in [0.25, 0.3) is 11.3 Å². The van der Waals surface area contributed by atoms with Crippen molar-refractivity contribution in [2.24, 2.45) is 5.14 Å². The van der Waals surface area contributed by atoms with E-state index in [1.54, 1.807) is 43.3 Å². The summed E-state index contributed by atoms with van der Waals surface area (Å²) < 4.78 is 45.8. The van der Waals surface area contributed by atoms with Crippen molar-refractivity contribution < 1.29 is 16.8 Å². The molecule has 7 nitrogen and oxygen atoms in total. The summed E-state index contributed by atoms with van der Waals surface area (Å²) in [6.07, 6.45) is 1.20. The lowest BCUT2D eigenvalue weighted by atomic mass is 10.1. The number of hydrogen-bond donors (Lipinski definition) is 2. The van der Waals surface area contributed by atoms with Gasteiger partial charge in [0, 0.05) is 22.9 Å². The van der Waals surface area contributed by atoms with E-state index in [4.69, 9.17) is 5.14 Å². The maximum Gasteiger partial charge on any atom is 0.238 e. The number of anilines is 2. The van der Waals surface area contributed by atoms with Gasteiger partial charge in [0.15, 0.2) is 15.0 Å². The fourth-order valence-corrected chi connectivity index (χ4v) is 5.01. The number of aryl methyl sites for hydroxylation is 1. The third-order valence-corrected chi connectivity index (χ3v) is 6.60. The third kappa shape index (κ3) is 5.16. The average molecular weight is 438 g/mol. The van der Waals surface area contributed by atoms with Crippen molar-refractivity contribution in [3.8, 4) is 11.3 Å². The van der Waals surface area contributed by atoms with Crippen LogP contribution in [0.3, 0.4) is 0 Å². The first-order valence-electron chi connectivity index (χ1n) is 8.14. The second-order valence-corrected chi connectivity index (χ2v) is 11.0. The molecule has 1 heterocycles. The summed E-state index contributed by atoms with van der Waals surface area (Å²) in [5.41, 5.74) is 3.57. The maximum absolute atomic E-state index is 11.5. The van der Waals surface area contributed by atoms with E-state index in [9.17, 15) is 16.8 Å². The van der Waals surface area contributed by atoms with E-state index in [1.807, 2.05) is 5.38 Å². The number of sulfone groups is 1. The SMILES string of the molecule is Cc1cc(-c2csc(Nc3ccc(CS(C)(=O)=O)cc3)n2)ccc1S(N)(=O)=O. The number of benzene rings is 2. The molecular weight excluding hydrogens is 418 g/mol. The molecule has 0 spiro atoms. The van der Waals surface area contributed by atoms with Crippen LogP contribution in [0.1, 0.15) is 11.1 Å². The van der Waals surface area contributed by atoms with Gasteiger partial charge >= 0.3 is 0 Å². The Balaban J connectivity index is 1.77. The molecule has 0 atom stereocenters. The number of nitrogens with zero attached hydrogens (tertiary/aromatic N) is 1. The molecule has 0 amide bonds. The highest BCUT2D eigenvalue weighted by atomic mass is 32.2. The van der Waals surface area contributed by atoms with E-state index in [-0.39, 0.29) is 10.6 Å².